The molecule has 226 valence electrons. The normalized spacial score (nSPS) is 22.5. The van der Waals surface area contributed by atoms with Crippen molar-refractivity contribution >= 4 is 51.2 Å². The van der Waals surface area contributed by atoms with E-state index >= 15 is 0 Å². The maximum absolute atomic E-state index is 14.8. The minimum Gasteiger partial charge on any atom is -0.274 e. The summed E-state index contributed by atoms with van der Waals surface area (Å²) in [6.07, 6.45) is 1.87. The first-order chi connectivity index (χ1) is 23.1. The van der Waals surface area contributed by atoms with E-state index in [0.717, 1.165) is 49.4 Å². The van der Waals surface area contributed by atoms with Crippen LogP contribution in [0.4, 0.5) is 5.69 Å². The van der Waals surface area contributed by atoms with Crippen molar-refractivity contribution in [2.75, 3.05) is 4.90 Å². The molecule has 3 amide bonds. The van der Waals surface area contributed by atoms with Crippen LogP contribution in [0.1, 0.15) is 33.7 Å². The maximum atomic E-state index is 14.8. The van der Waals surface area contributed by atoms with Gasteiger partial charge in [0.1, 0.15) is 0 Å². The van der Waals surface area contributed by atoms with Crippen molar-refractivity contribution in [3.05, 3.63) is 161 Å². The lowest BCUT2D eigenvalue weighted by Crippen LogP contribution is -2.54. The van der Waals surface area contributed by atoms with Gasteiger partial charge in [0.05, 0.1) is 29.4 Å². The molecule has 1 aliphatic heterocycles. The van der Waals surface area contributed by atoms with Gasteiger partial charge in [-0.05, 0) is 50.0 Å². The SMILES string of the molecule is O=C(Cc1cccc2ccccc12)N/N=C\C12c3ccccc3C(c3ccccc31)[C@H]1C(=O)N(c3cccc4ccccc34)C(=O)[C@@H]12. The highest BCUT2D eigenvalue weighted by Gasteiger charge is 2.68. The van der Waals surface area contributed by atoms with Crippen molar-refractivity contribution in [2.45, 2.75) is 17.8 Å². The Morgan fingerprint density at radius 3 is 1.98 bits per heavy atom. The molecule has 6 aromatic rings. The van der Waals surface area contributed by atoms with E-state index in [9.17, 15) is 14.4 Å². The lowest BCUT2D eigenvalue weighted by atomic mass is 9.47. The Morgan fingerprint density at radius 1 is 0.681 bits per heavy atom. The predicted molar refractivity (Wildman–Crippen MR) is 183 cm³/mol. The van der Waals surface area contributed by atoms with Gasteiger partial charge in [-0.3, -0.25) is 14.4 Å². The number of nitrogens with zero attached hydrogens (tertiary/aromatic N) is 2. The van der Waals surface area contributed by atoms with E-state index in [4.69, 9.17) is 0 Å². The van der Waals surface area contributed by atoms with E-state index in [1.807, 2.05) is 121 Å². The number of hydrazone groups is 1. The van der Waals surface area contributed by atoms with Crippen LogP contribution in [0.3, 0.4) is 0 Å². The molecule has 1 N–H and O–H groups in total. The van der Waals surface area contributed by atoms with Gasteiger partial charge in [-0.1, -0.05) is 127 Å². The summed E-state index contributed by atoms with van der Waals surface area (Å²) in [5.41, 5.74) is 7.13. The Bertz CT molecular complexity index is 2270. The van der Waals surface area contributed by atoms with Gasteiger partial charge in [-0.2, -0.15) is 5.10 Å². The van der Waals surface area contributed by atoms with Crippen molar-refractivity contribution in [1.82, 2.24) is 5.43 Å². The van der Waals surface area contributed by atoms with Crippen LogP contribution in [0, 0.1) is 11.8 Å². The second-order valence-electron chi connectivity index (χ2n) is 12.6. The number of hydrogen-bond acceptors (Lipinski definition) is 4. The Kier molecular flexibility index (Phi) is 6.03. The lowest BCUT2D eigenvalue weighted by molar-refractivity contribution is -0.123. The van der Waals surface area contributed by atoms with Crippen molar-refractivity contribution in [1.29, 1.82) is 0 Å². The number of carbonyl (C=O) groups excluding carboxylic acids is 3. The smallest absolute Gasteiger partial charge is 0.244 e. The molecule has 0 aromatic heterocycles. The van der Waals surface area contributed by atoms with Crippen LogP contribution < -0.4 is 10.3 Å². The van der Waals surface area contributed by atoms with Crippen LogP contribution >= 0.6 is 0 Å². The minimum atomic E-state index is -1.06. The van der Waals surface area contributed by atoms with Crippen LogP contribution in [-0.2, 0) is 26.2 Å². The van der Waals surface area contributed by atoms with Crippen LogP contribution in [-0.4, -0.2) is 23.9 Å². The van der Waals surface area contributed by atoms with Crippen molar-refractivity contribution in [3.63, 3.8) is 0 Å². The van der Waals surface area contributed by atoms with Crippen molar-refractivity contribution in [2.24, 2.45) is 16.9 Å². The predicted octanol–water partition coefficient (Wildman–Crippen LogP) is 6.89. The average Bonchev–Trinajstić information content (AvgIpc) is 3.38. The molecule has 0 saturated carbocycles. The van der Waals surface area contributed by atoms with Gasteiger partial charge in [0.25, 0.3) is 0 Å². The van der Waals surface area contributed by atoms with E-state index < -0.39 is 17.3 Å². The molecule has 1 heterocycles. The number of amides is 3. The highest BCUT2D eigenvalue weighted by Crippen LogP contribution is 2.63. The number of imide groups is 1. The second kappa shape index (κ2) is 10.3. The van der Waals surface area contributed by atoms with Gasteiger partial charge in [0.15, 0.2) is 0 Å². The summed E-state index contributed by atoms with van der Waals surface area (Å²) in [7, 11) is 0. The summed E-state index contributed by atoms with van der Waals surface area (Å²) in [4.78, 5) is 44.2. The zero-order chi connectivity index (χ0) is 31.7. The number of carbonyl (C=O) groups is 3. The van der Waals surface area contributed by atoms with Gasteiger partial charge in [-0.25, -0.2) is 10.3 Å². The molecule has 6 aromatic carbocycles. The average molecular weight is 612 g/mol. The van der Waals surface area contributed by atoms with Crippen LogP contribution in [0.25, 0.3) is 21.5 Å². The molecule has 2 atom stereocenters. The quantitative estimate of drug-likeness (QED) is 0.131. The number of nitrogens with one attached hydrogen (secondary N) is 1. The molecule has 10 rings (SSSR count). The highest BCUT2D eigenvalue weighted by molar-refractivity contribution is 6.27. The van der Waals surface area contributed by atoms with Crippen LogP contribution in [0.2, 0.25) is 0 Å². The first kappa shape index (κ1) is 27.4. The number of rotatable bonds is 5. The molecular formula is C41H29N3O3. The molecule has 0 spiro atoms. The van der Waals surface area contributed by atoms with E-state index in [-0.39, 0.29) is 30.1 Å². The zero-order valence-electron chi connectivity index (χ0n) is 25.3. The molecule has 4 aliphatic rings. The second-order valence-corrected chi connectivity index (χ2v) is 12.6. The van der Waals surface area contributed by atoms with Gasteiger partial charge >= 0.3 is 0 Å². The number of anilines is 1. The third-order valence-corrected chi connectivity index (χ3v) is 10.4. The third-order valence-electron chi connectivity index (χ3n) is 10.4. The van der Waals surface area contributed by atoms with Crippen LogP contribution in [0.15, 0.2) is 139 Å². The molecule has 3 aliphatic carbocycles. The van der Waals surface area contributed by atoms with Crippen molar-refractivity contribution in [3.8, 4) is 0 Å². The fourth-order valence-corrected chi connectivity index (χ4v) is 8.56. The fourth-order valence-electron chi connectivity index (χ4n) is 8.56. The Hall–Kier alpha value is -5.88. The molecule has 47 heavy (non-hydrogen) atoms. The minimum absolute atomic E-state index is 0.152. The van der Waals surface area contributed by atoms with E-state index in [1.54, 1.807) is 6.21 Å². The Balaban J connectivity index is 1.16. The van der Waals surface area contributed by atoms with E-state index in [0.29, 0.717) is 5.69 Å². The molecule has 0 unspecified atom stereocenters. The number of benzene rings is 6. The summed E-state index contributed by atoms with van der Waals surface area (Å²) >= 11 is 0. The summed E-state index contributed by atoms with van der Waals surface area (Å²) in [5, 5.41) is 8.49. The Labute approximate surface area is 271 Å². The molecule has 0 radical (unpaired) electrons. The summed E-state index contributed by atoms with van der Waals surface area (Å²) in [5.74, 6) is -2.35. The summed E-state index contributed by atoms with van der Waals surface area (Å²) in [6, 6.07) is 43.6. The highest BCUT2D eigenvalue weighted by atomic mass is 16.2. The van der Waals surface area contributed by atoms with E-state index in [1.165, 1.54) is 4.90 Å². The molecular weight excluding hydrogens is 582 g/mol. The number of hydrogen-bond donors (Lipinski definition) is 1. The lowest BCUT2D eigenvalue weighted by Gasteiger charge is -2.52. The number of fused-ring (bicyclic) bond motifs is 2. The first-order valence-corrected chi connectivity index (χ1v) is 15.9. The molecule has 6 heteroatoms. The first-order valence-electron chi connectivity index (χ1n) is 15.9. The van der Waals surface area contributed by atoms with Crippen molar-refractivity contribution < 1.29 is 14.4 Å². The van der Waals surface area contributed by atoms with Gasteiger partial charge < -0.3 is 0 Å². The van der Waals surface area contributed by atoms with Gasteiger partial charge in [0, 0.05) is 17.5 Å². The monoisotopic (exact) mass is 611 g/mol. The standard InChI is InChI=1S/C41H29N3O3/c45-35(23-27-15-9-13-25-11-1-3-16-28(25)27)43-42-24-41-32-20-7-5-18-30(32)36(31-19-6-8-21-33(31)41)37-38(41)40(47)44(39(37)46)34-22-10-14-26-12-2-4-17-29(26)34/h1-22,24,36-38H,23H2,(H,43,45)/b42-24-/t36?,37-,38-,41?/m1/s1. The summed E-state index contributed by atoms with van der Waals surface area (Å²) < 4.78 is 0. The summed E-state index contributed by atoms with van der Waals surface area (Å²) in [6.45, 7) is 0. The van der Waals surface area contributed by atoms with Gasteiger partial charge in [0.2, 0.25) is 17.7 Å². The maximum Gasteiger partial charge on any atom is 0.244 e. The molecule has 2 bridgehead atoms. The Morgan fingerprint density at radius 2 is 1.26 bits per heavy atom. The molecule has 6 nitrogen and oxygen atoms in total. The van der Waals surface area contributed by atoms with E-state index in [2.05, 4.69) is 22.7 Å². The van der Waals surface area contributed by atoms with Crippen LogP contribution in [0.5, 0.6) is 0 Å². The molecule has 1 fully saturated rings. The fraction of sp³-hybridized carbons (Fsp3) is 0.122. The molecule has 1 saturated heterocycles. The zero-order valence-corrected chi connectivity index (χ0v) is 25.3. The topological polar surface area (TPSA) is 78.8 Å². The largest absolute Gasteiger partial charge is 0.274 e. The van der Waals surface area contributed by atoms with Gasteiger partial charge in [-0.15, -0.1) is 0 Å². The third kappa shape index (κ3) is 3.85.